The molecule has 10 nitrogen and oxygen atoms in total. The van der Waals surface area contributed by atoms with E-state index in [0.29, 0.717) is 36.5 Å². The van der Waals surface area contributed by atoms with E-state index in [0.717, 1.165) is 23.6 Å². The molecule has 0 radical (unpaired) electrons. The molecular formula is C26H26F3N7O3. The van der Waals surface area contributed by atoms with Crippen LogP contribution in [0, 0.1) is 24.4 Å². The van der Waals surface area contributed by atoms with Crippen molar-refractivity contribution in [3.63, 3.8) is 0 Å². The smallest absolute Gasteiger partial charge is 0.341 e. The number of aliphatic hydroxyl groups is 1. The third kappa shape index (κ3) is 4.56. The SMILES string of the molecule is Cc1c(N2CC(O)C2)nn(C)c1-c1cc(OC2CN(C(=O)N3N=CC[C@H]3c3cc(F)cc(F)c3)C2)c(F)cn1. The predicted molar refractivity (Wildman–Crippen MR) is 135 cm³/mol. The first kappa shape index (κ1) is 25.2. The average molecular weight is 542 g/mol. The maximum atomic E-state index is 14.6. The largest absolute Gasteiger partial charge is 0.483 e. The molecule has 2 fully saturated rings. The zero-order valence-electron chi connectivity index (χ0n) is 21.3. The molecule has 3 aliphatic heterocycles. The van der Waals surface area contributed by atoms with Crippen LogP contribution in [0.5, 0.6) is 5.75 Å². The summed E-state index contributed by atoms with van der Waals surface area (Å²) < 4.78 is 49.6. The number of urea groups is 1. The van der Waals surface area contributed by atoms with Gasteiger partial charge < -0.3 is 19.6 Å². The van der Waals surface area contributed by atoms with Gasteiger partial charge in [-0.3, -0.25) is 9.67 Å². The first-order valence-corrected chi connectivity index (χ1v) is 12.5. The second-order valence-corrected chi connectivity index (χ2v) is 10.0. The van der Waals surface area contributed by atoms with Crippen molar-refractivity contribution in [2.24, 2.45) is 12.1 Å². The second kappa shape index (κ2) is 9.56. The number of hydrazone groups is 1. The van der Waals surface area contributed by atoms with Crippen LogP contribution in [-0.2, 0) is 7.05 Å². The number of nitrogens with zero attached hydrogens (tertiary/aromatic N) is 7. The number of hydrogen-bond acceptors (Lipinski definition) is 7. The number of carbonyl (C=O) groups is 1. The Hall–Kier alpha value is -4.13. The summed E-state index contributed by atoms with van der Waals surface area (Å²) in [4.78, 5) is 20.7. The van der Waals surface area contributed by atoms with Crippen LogP contribution in [0.1, 0.15) is 23.6 Å². The van der Waals surface area contributed by atoms with Crippen LogP contribution in [0.4, 0.5) is 23.8 Å². The lowest BCUT2D eigenvalue weighted by Crippen LogP contribution is -2.58. The minimum Gasteiger partial charge on any atom is -0.483 e. The molecule has 1 N–H and O–H groups in total. The first-order valence-electron chi connectivity index (χ1n) is 12.5. The summed E-state index contributed by atoms with van der Waals surface area (Å²) in [5, 5.41) is 19.5. The van der Waals surface area contributed by atoms with E-state index < -0.39 is 35.6 Å². The van der Waals surface area contributed by atoms with Crippen molar-refractivity contribution in [3.8, 4) is 17.1 Å². The van der Waals surface area contributed by atoms with E-state index in [1.807, 2.05) is 11.8 Å². The van der Waals surface area contributed by atoms with Gasteiger partial charge in [0.15, 0.2) is 17.4 Å². The van der Waals surface area contributed by atoms with Crippen LogP contribution in [0.3, 0.4) is 0 Å². The maximum absolute atomic E-state index is 14.6. The number of β-amino-alcohol motifs (C(OH)–C–C–N with tert-alkyl or cyclic N) is 1. The van der Waals surface area contributed by atoms with E-state index in [4.69, 9.17) is 4.74 Å². The van der Waals surface area contributed by atoms with Gasteiger partial charge in [-0.15, -0.1) is 0 Å². The van der Waals surface area contributed by atoms with Crippen LogP contribution in [0.25, 0.3) is 11.4 Å². The fraction of sp³-hybridized carbons (Fsp3) is 0.385. The van der Waals surface area contributed by atoms with Gasteiger partial charge in [0.1, 0.15) is 17.7 Å². The Morgan fingerprint density at radius 1 is 1.08 bits per heavy atom. The van der Waals surface area contributed by atoms with Gasteiger partial charge in [-0.2, -0.15) is 10.2 Å². The Morgan fingerprint density at radius 2 is 1.79 bits per heavy atom. The monoisotopic (exact) mass is 541 g/mol. The quantitative estimate of drug-likeness (QED) is 0.533. The van der Waals surface area contributed by atoms with E-state index >= 15 is 0 Å². The highest BCUT2D eigenvalue weighted by Gasteiger charge is 2.39. The number of likely N-dealkylation sites (tertiary alicyclic amines) is 1. The van der Waals surface area contributed by atoms with Crippen LogP contribution in [0.2, 0.25) is 0 Å². The highest BCUT2D eigenvalue weighted by atomic mass is 19.1. The summed E-state index contributed by atoms with van der Waals surface area (Å²) >= 11 is 0. The van der Waals surface area contributed by atoms with E-state index in [1.165, 1.54) is 34.3 Å². The summed E-state index contributed by atoms with van der Waals surface area (Å²) in [5.41, 5.74) is 2.36. The molecule has 6 rings (SSSR count). The van der Waals surface area contributed by atoms with Crippen molar-refractivity contribution >= 4 is 18.1 Å². The average Bonchev–Trinajstić information content (AvgIpc) is 3.44. The van der Waals surface area contributed by atoms with Gasteiger partial charge in [0.05, 0.1) is 42.8 Å². The number of aromatic nitrogens is 3. The van der Waals surface area contributed by atoms with E-state index in [9.17, 15) is 23.1 Å². The van der Waals surface area contributed by atoms with Crippen molar-refractivity contribution in [1.29, 1.82) is 0 Å². The molecular weight excluding hydrogens is 515 g/mol. The molecule has 0 spiro atoms. The number of ether oxygens (including phenoxy) is 1. The summed E-state index contributed by atoms with van der Waals surface area (Å²) in [6, 6.07) is 3.62. The summed E-state index contributed by atoms with van der Waals surface area (Å²) in [7, 11) is 1.77. The Balaban J connectivity index is 1.12. The van der Waals surface area contributed by atoms with E-state index in [2.05, 4.69) is 15.2 Å². The number of carbonyl (C=O) groups excluding carboxylic acids is 1. The lowest BCUT2D eigenvalue weighted by Gasteiger charge is -2.41. The van der Waals surface area contributed by atoms with Gasteiger partial charge in [-0.25, -0.2) is 23.0 Å². The van der Waals surface area contributed by atoms with Gasteiger partial charge in [-0.05, 0) is 24.6 Å². The Kier molecular flexibility index (Phi) is 6.17. The molecule has 0 aliphatic carbocycles. The fourth-order valence-corrected chi connectivity index (χ4v) is 5.18. The Bertz CT molecular complexity index is 1450. The van der Waals surface area contributed by atoms with E-state index in [-0.39, 0.29) is 24.9 Å². The molecule has 2 aromatic heterocycles. The third-order valence-corrected chi connectivity index (χ3v) is 7.19. The van der Waals surface area contributed by atoms with Crippen LogP contribution in [0.15, 0.2) is 35.6 Å². The van der Waals surface area contributed by atoms with Crippen LogP contribution in [-0.4, -0.2) is 80.4 Å². The fourth-order valence-electron chi connectivity index (χ4n) is 5.18. The lowest BCUT2D eigenvalue weighted by molar-refractivity contribution is 0.0256. The molecule has 1 atom stereocenters. The summed E-state index contributed by atoms with van der Waals surface area (Å²) in [6.45, 7) is 3.29. The number of halogens is 3. The normalized spacial score (nSPS) is 19.4. The Morgan fingerprint density at radius 3 is 2.49 bits per heavy atom. The van der Waals surface area contributed by atoms with Crippen molar-refractivity contribution in [2.75, 3.05) is 31.1 Å². The molecule has 3 aromatic rings. The number of anilines is 1. The zero-order valence-corrected chi connectivity index (χ0v) is 21.3. The van der Waals surface area contributed by atoms with Gasteiger partial charge >= 0.3 is 6.03 Å². The van der Waals surface area contributed by atoms with Crippen molar-refractivity contribution < 1.29 is 27.8 Å². The van der Waals surface area contributed by atoms with Gasteiger partial charge in [0.25, 0.3) is 0 Å². The number of pyridine rings is 1. The number of rotatable bonds is 5. The van der Waals surface area contributed by atoms with Crippen LogP contribution < -0.4 is 9.64 Å². The number of aliphatic hydroxyl groups excluding tert-OH is 1. The molecule has 204 valence electrons. The number of amides is 2. The molecule has 0 saturated carbocycles. The second-order valence-electron chi connectivity index (χ2n) is 10.0. The minimum atomic E-state index is -0.725. The molecule has 2 amide bonds. The van der Waals surface area contributed by atoms with E-state index in [1.54, 1.807) is 11.7 Å². The predicted octanol–water partition coefficient (Wildman–Crippen LogP) is 3.00. The lowest BCUT2D eigenvalue weighted by atomic mass is 10.0. The van der Waals surface area contributed by atoms with Gasteiger partial charge in [0, 0.05) is 50.5 Å². The topological polar surface area (TPSA) is 99.3 Å². The number of benzene rings is 1. The highest BCUT2D eigenvalue weighted by Crippen LogP contribution is 2.35. The Labute approximate surface area is 221 Å². The zero-order chi connectivity index (χ0) is 27.4. The minimum absolute atomic E-state index is 0.00549. The summed E-state index contributed by atoms with van der Waals surface area (Å²) in [6.07, 6.45) is 2.12. The molecule has 0 bridgehead atoms. The van der Waals surface area contributed by atoms with Crippen molar-refractivity contribution in [2.45, 2.75) is 31.6 Å². The van der Waals surface area contributed by atoms with Crippen molar-refractivity contribution in [3.05, 3.63) is 59.0 Å². The molecule has 1 aromatic carbocycles. The first-order chi connectivity index (χ1) is 18.7. The molecule has 2 saturated heterocycles. The molecule has 5 heterocycles. The molecule has 39 heavy (non-hydrogen) atoms. The molecule has 13 heteroatoms. The summed E-state index contributed by atoms with van der Waals surface area (Å²) in [5.74, 6) is -1.34. The number of hydrogen-bond donors (Lipinski definition) is 1. The molecule has 3 aliphatic rings. The maximum Gasteiger partial charge on any atom is 0.341 e. The standard InChI is InChI=1S/C26H26F3N7O3/c1-14-24(33(2)32-25(14)34-10-18(37)11-34)21-8-23(20(29)9-30-21)39-19-12-35(13-19)26(38)36-22(3-4-31-36)15-5-16(27)7-17(28)6-15/h4-9,18-19,22,37H,3,10-13H2,1-2H3/t22-/m0/s1. The molecule has 0 unspecified atom stereocenters. The van der Waals surface area contributed by atoms with Crippen LogP contribution >= 0.6 is 0 Å². The van der Waals surface area contributed by atoms with Crippen molar-refractivity contribution in [1.82, 2.24) is 24.7 Å². The van der Waals surface area contributed by atoms with Gasteiger partial charge in [-0.1, -0.05) is 0 Å². The number of aryl methyl sites for hydroxylation is 1. The van der Waals surface area contributed by atoms with Gasteiger partial charge in [0.2, 0.25) is 0 Å². The highest BCUT2D eigenvalue weighted by molar-refractivity contribution is 5.79. The third-order valence-electron chi connectivity index (χ3n) is 7.19.